The number of aromatic hydroxyl groups is 1. The topological polar surface area (TPSA) is 145 Å². The van der Waals surface area contributed by atoms with Crippen LogP contribution >= 0.6 is 0 Å². The van der Waals surface area contributed by atoms with E-state index < -0.39 is 10.8 Å². The van der Waals surface area contributed by atoms with Crippen LogP contribution in [0.15, 0.2) is 47.6 Å². The van der Waals surface area contributed by atoms with Gasteiger partial charge < -0.3 is 9.84 Å². The first-order chi connectivity index (χ1) is 13.9. The molecule has 0 spiro atoms. The molecule has 2 aromatic carbocycles. The van der Waals surface area contributed by atoms with Crippen molar-refractivity contribution in [2.24, 2.45) is 5.10 Å². The second kappa shape index (κ2) is 8.17. The zero-order valence-electron chi connectivity index (χ0n) is 15.4. The van der Waals surface area contributed by atoms with E-state index in [1.165, 1.54) is 48.3 Å². The average molecular weight is 396 g/mol. The Morgan fingerprint density at radius 1 is 1.31 bits per heavy atom. The SMILES string of the molecule is COc1cc(/C=N/NC(=O)c2nnn(-c3ccc([N+](=O)[O-])cc3)c2C)ccc1O. The maximum absolute atomic E-state index is 12.3. The number of nitrogens with zero attached hydrogens (tertiary/aromatic N) is 5. The molecule has 0 aliphatic carbocycles. The van der Waals surface area contributed by atoms with Crippen molar-refractivity contribution in [1.29, 1.82) is 0 Å². The highest BCUT2D eigenvalue weighted by atomic mass is 16.6. The maximum atomic E-state index is 12.3. The summed E-state index contributed by atoms with van der Waals surface area (Å²) in [5.74, 6) is -0.299. The summed E-state index contributed by atoms with van der Waals surface area (Å²) >= 11 is 0. The Bertz CT molecular complexity index is 1090. The number of ether oxygens (including phenoxy) is 1. The minimum atomic E-state index is -0.572. The number of hydrogen-bond donors (Lipinski definition) is 2. The Morgan fingerprint density at radius 2 is 2.03 bits per heavy atom. The molecule has 0 bridgehead atoms. The molecule has 0 saturated heterocycles. The van der Waals surface area contributed by atoms with E-state index >= 15 is 0 Å². The smallest absolute Gasteiger partial charge is 0.293 e. The molecule has 3 rings (SSSR count). The third kappa shape index (κ3) is 4.18. The molecule has 0 atom stereocenters. The van der Waals surface area contributed by atoms with Crippen molar-refractivity contribution in [2.75, 3.05) is 7.11 Å². The molecule has 148 valence electrons. The van der Waals surface area contributed by atoms with Gasteiger partial charge in [0.05, 0.1) is 29.6 Å². The first-order valence-electron chi connectivity index (χ1n) is 8.28. The van der Waals surface area contributed by atoms with Crippen LogP contribution in [-0.2, 0) is 0 Å². The third-order valence-electron chi connectivity index (χ3n) is 4.00. The third-order valence-corrected chi connectivity index (χ3v) is 4.00. The molecular weight excluding hydrogens is 380 g/mol. The van der Waals surface area contributed by atoms with E-state index in [2.05, 4.69) is 20.8 Å². The normalized spacial score (nSPS) is 10.8. The maximum Gasteiger partial charge on any atom is 0.293 e. The van der Waals surface area contributed by atoms with E-state index in [9.17, 15) is 20.0 Å². The summed E-state index contributed by atoms with van der Waals surface area (Å²) in [5.41, 5.74) is 3.93. The minimum Gasteiger partial charge on any atom is -0.504 e. The van der Waals surface area contributed by atoms with Gasteiger partial charge in [0.25, 0.3) is 11.6 Å². The molecule has 3 aromatic rings. The van der Waals surface area contributed by atoms with E-state index in [0.29, 0.717) is 16.9 Å². The number of phenolic OH excluding ortho intramolecular Hbond substituents is 1. The van der Waals surface area contributed by atoms with Gasteiger partial charge in [-0.3, -0.25) is 14.9 Å². The number of carbonyl (C=O) groups is 1. The number of nitro groups is 1. The molecule has 2 N–H and O–H groups in total. The van der Waals surface area contributed by atoms with Crippen LogP contribution in [-0.4, -0.2) is 44.3 Å². The Labute approximate surface area is 164 Å². The van der Waals surface area contributed by atoms with Gasteiger partial charge in [-0.15, -0.1) is 5.10 Å². The van der Waals surface area contributed by atoms with Crippen LogP contribution in [0.4, 0.5) is 5.69 Å². The number of phenols is 1. The van der Waals surface area contributed by atoms with Gasteiger partial charge in [0.1, 0.15) is 0 Å². The van der Waals surface area contributed by atoms with Gasteiger partial charge in [0.15, 0.2) is 17.2 Å². The first kappa shape index (κ1) is 19.5. The lowest BCUT2D eigenvalue weighted by Gasteiger charge is -2.04. The number of aromatic nitrogens is 3. The fraction of sp³-hybridized carbons (Fsp3) is 0.111. The number of nitro benzene ring substituents is 1. The van der Waals surface area contributed by atoms with Gasteiger partial charge >= 0.3 is 0 Å². The van der Waals surface area contributed by atoms with Crippen molar-refractivity contribution >= 4 is 17.8 Å². The van der Waals surface area contributed by atoms with Crippen molar-refractivity contribution in [2.45, 2.75) is 6.92 Å². The zero-order valence-corrected chi connectivity index (χ0v) is 15.4. The van der Waals surface area contributed by atoms with E-state index in [4.69, 9.17) is 4.74 Å². The Kier molecular flexibility index (Phi) is 5.49. The molecule has 0 saturated carbocycles. The second-order valence-corrected chi connectivity index (χ2v) is 5.84. The minimum absolute atomic E-state index is 0.00725. The van der Waals surface area contributed by atoms with Gasteiger partial charge in [-0.1, -0.05) is 5.21 Å². The number of rotatable bonds is 6. The summed E-state index contributed by atoms with van der Waals surface area (Å²) in [4.78, 5) is 22.6. The lowest BCUT2D eigenvalue weighted by molar-refractivity contribution is -0.384. The van der Waals surface area contributed by atoms with Gasteiger partial charge in [-0.2, -0.15) is 5.10 Å². The van der Waals surface area contributed by atoms with Gasteiger partial charge in [-0.25, -0.2) is 10.1 Å². The molecule has 11 nitrogen and oxygen atoms in total. The van der Waals surface area contributed by atoms with Crippen LogP contribution < -0.4 is 10.2 Å². The summed E-state index contributed by atoms with van der Waals surface area (Å²) in [7, 11) is 1.43. The number of nitrogens with one attached hydrogen (secondary N) is 1. The van der Waals surface area contributed by atoms with Crippen molar-refractivity contribution in [1.82, 2.24) is 20.4 Å². The van der Waals surface area contributed by atoms with Gasteiger partial charge in [0.2, 0.25) is 0 Å². The van der Waals surface area contributed by atoms with Crippen molar-refractivity contribution in [3.05, 3.63) is 69.5 Å². The molecule has 1 aromatic heterocycles. The second-order valence-electron chi connectivity index (χ2n) is 5.84. The Morgan fingerprint density at radius 3 is 2.69 bits per heavy atom. The summed E-state index contributed by atoms with van der Waals surface area (Å²) in [6.07, 6.45) is 1.38. The average Bonchev–Trinajstić information content (AvgIpc) is 3.10. The number of hydrazone groups is 1. The standard InChI is InChI=1S/C18H16N6O5/c1-11-17(20-22-23(11)13-4-6-14(7-5-13)24(27)28)18(26)21-19-10-12-3-8-15(25)16(9-12)29-2/h3-10,25H,1-2H3,(H,21,26)/b19-10+. The van der Waals surface area contributed by atoms with Gasteiger partial charge in [0, 0.05) is 12.1 Å². The lowest BCUT2D eigenvalue weighted by Crippen LogP contribution is -2.19. The first-order valence-corrected chi connectivity index (χ1v) is 8.28. The van der Waals surface area contributed by atoms with Crippen molar-refractivity contribution in [3.63, 3.8) is 0 Å². The number of carbonyl (C=O) groups excluding carboxylic acids is 1. The summed E-state index contributed by atoms with van der Waals surface area (Å²) in [5, 5.41) is 32.0. The van der Waals surface area contributed by atoms with Crippen LogP contribution in [0, 0.1) is 17.0 Å². The van der Waals surface area contributed by atoms with Crippen molar-refractivity contribution in [3.8, 4) is 17.2 Å². The summed E-state index contributed by atoms with van der Waals surface area (Å²) < 4.78 is 6.40. The van der Waals surface area contributed by atoms with E-state index in [-0.39, 0.29) is 22.9 Å². The molecule has 29 heavy (non-hydrogen) atoms. The monoisotopic (exact) mass is 396 g/mol. The molecular formula is C18H16N6O5. The number of methoxy groups -OCH3 is 1. The van der Waals surface area contributed by atoms with Crippen molar-refractivity contribution < 1.29 is 19.6 Å². The highest BCUT2D eigenvalue weighted by molar-refractivity contribution is 5.94. The van der Waals surface area contributed by atoms with Crippen LogP contribution in [0.1, 0.15) is 21.7 Å². The molecule has 0 aliphatic heterocycles. The summed E-state index contributed by atoms with van der Waals surface area (Å²) in [6, 6.07) is 10.3. The molecule has 0 aliphatic rings. The predicted molar refractivity (Wildman–Crippen MR) is 102 cm³/mol. The Hall–Kier alpha value is -4.28. The predicted octanol–water partition coefficient (Wildman–Crippen LogP) is 1.96. The summed E-state index contributed by atoms with van der Waals surface area (Å²) in [6.45, 7) is 1.64. The van der Waals surface area contributed by atoms with Crippen LogP contribution in [0.25, 0.3) is 5.69 Å². The highest BCUT2D eigenvalue weighted by Crippen LogP contribution is 2.25. The molecule has 0 fully saturated rings. The fourth-order valence-electron chi connectivity index (χ4n) is 2.49. The fourth-order valence-corrected chi connectivity index (χ4v) is 2.49. The largest absolute Gasteiger partial charge is 0.504 e. The van der Waals surface area contributed by atoms with Crippen LogP contribution in [0.5, 0.6) is 11.5 Å². The zero-order chi connectivity index (χ0) is 21.0. The lowest BCUT2D eigenvalue weighted by atomic mass is 10.2. The van der Waals surface area contributed by atoms with Gasteiger partial charge in [-0.05, 0) is 42.8 Å². The molecule has 1 amide bonds. The molecule has 0 radical (unpaired) electrons. The van der Waals surface area contributed by atoms with Crippen LogP contribution in [0.3, 0.4) is 0 Å². The number of benzene rings is 2. The Balaban J connectivity index is 1.73. The number of non-ortho nitro benzene ring substituents is 1. The van der Waals surface area contributed by atoms with Crippen LogP contribution in [0.2, 0.25) is 0 Å². The number of amides is 1. The molecule has 0 unspecified atom stereocenters. The van der Waals surface area contributed by atoms with E-state index in [0.717, 1.165) is 0 Å². The quantitative estimate of drug-likeness (QED) is 0.368. The molecule has 1 heterocycles. The van der Waals surface area contributed by atoms with E-state index in [1.54, 1.807) is 19.1 Å². The highest BCUT2D eigenvalue weighted by Gasteiger charge is 2.17. The molecule has 11 heteroatoms. The van der Waals surface area contributed by atoms with E-state index in [1.807, 2.05) is 0 Å². The number of hydrogen-bond acceptors (Lipinski definition) is 8.